The van der Waals surface area contributed by atoms with E-state index in [1.807, 2.05) is 12.1 Å². The van der Waals surface area contributed by atoms with Crippen molar-refractivity contribution in [2.45, 2.75) is 76.3 Å². The normalized spacial score (nSPS) is 34.6. The summed E-state index contributed by atoms with van der Waals surface area (Å²) in [6.07, 6.45) is 5.01. The molecule has 196 valence electrons. The van der Waals surface area contributed by atoms with Gasteiger partial charge in [0.05, 0.1) is 42.2 Å². The van der Waals surface area contributed by atoms with E-state index in [-0.39, 0.29) is 48.1 Å². The molecule has 3 N–H and O–H groups in total. The Morgan fingerprint density at radius 3 is 2.86 bits per heavy atom. The zero-order valence-electron chi connectivity index (χ0n) is 21.7. The lowest BCUT2D eigenvalue weighted by Crippen LogP contribution is -2.54. The number of nitriles is 1. The lowest BCUT2D eigenvalue weighted by Gasteiger charge is -2.39. The van der Waals surface area contributed by atoms with E-state index in [1.165, 1.54) is 0 Å². The summed E-state index contributed by atoms with van der Waals surface area (Å²) in [6.45, 7) is 6.49. The van der Waals surface area contributed by atoms with Gasteiger partial charge >= 0.3 is 0 Å². The number of amides is 1. The Bertz CT molecular complexity index is 1200. The first kappa shape index (κ1) is 24.4. The van der Waals surface area contributed by atoms with Crippen LogP contribution in [-0.4, -0.2) is 66.0 Å². The monoisotopic (exact) mass is 503 g/mol. The third-order valence-electron chi connectivity index (χ3n) is 8.61. The molecule has 0 radical (unpaired) electrons. The maximum Gasteiger partial charge on any atom is 0.228 e. The summed E-state index contributed by atoms with van der Waals surface area (Å²) in [5.74, 6) is 0.846. The van der Waals surface area contributed by atoms with Crippen molar-refractivity contribution in [1.29, 1.82) is 5.26 Å². The molecule has 1 saturated carbocycles. The fraction of sp³-hybridized carbons (Fsp3) is 0.607. The average molecular weight is 504 g/mol. The highest BCUT2D eigenvalue weighted by Crippen LogP contribution is 2.36. The van der Waals surface area contributed by atoms with E-state index in [0.29, 0.717) is 13.2 Å². The standard InChI is InChI=1S/C28H37N7O2/c1-17-16-37-18(2)15-34(17)25-10-7-19-13-21(8-9-22(19)32-25)31-27-26-24(11-12-30-28(26)36)35(33-27)23-6-4-3-5-20(23)14-29/h7-10,13,17-18,20,23-24,26-27,31,33H,3-6,11-12,15-16H2,1-2H3,(H,30,36)/t17-,18-,20-,23+,24?,26?,27?/m1/s1. The van der Waals surface area contributed by atoms with Gasteiger partial charge in [0.2, 0.25) is 5.91 Å². The number of pyridine rings is 1. The summed E-state index contributed by atoms with van der Waals surface area (Å²) < 4.78 is 5.78. The molecule has 0 spiro atoms. The maximum atomic E-state index is 13.0. The fourth-order valence-electron chi connectivity index (χ4n) is 6.66. The van der Waals surface area contributed by atoms with Gasteiger partial charge in [0.15, 0.2) is 0 Å². The number of morpholine rings is 1. The molecule has 6 rings (SSSR count). The molecule has 7 atom stereocenters. The highest BCUT2D eigenvalue weighted by Gasteiger charge is 2.51. The van der Waals surface area contributed by atoms with E-state index in [4.69, 9.17) is 9.72 Å². The molecule has 9 nitrogen and oxygen atoms in total. The first-order valence-electron chi connectivity index (χ1n) is 13.8. The highest BCUT2D eigenvalue weighted by molar-refractivity contribution is 5.85. The molecule has 1 aliphatic carbocycles. The number of carbonyl (C=O) groups excluding carboxylic acids is 1. The fourth-order valence-corrected chi connectivity index (χ4v) is 6.66. The van der Waals surface area contributed by atoms with Crippen molar-refractivity contribution in [3.05, 3.63) is 30.3 Å². The molecule has 1 aromatic heterocycles. The number of fused-ring (bicyclic) bond motifs is 2. The summed E-state index contributed by atoms with van der Waals surface area (Å²) in [5.41, 5.74) is 5.53. The van der Waals surface area contributed by atoms with Crippen LogP contribution < -0.4 is 21.0 Å². The smallest absolute Gasteiger partial charge is 0.228 e. The second-order valence-electron chi connectivity index (χ2n) is 11.1. The van der Waals surface area contributed by atoms with E-state index in [2.05, 4.69) is 64.1 Å². The molecule has 4 heterocycles. The molecule has 1 aromatic carbocycles. The third kappa shape index (κ3) is 4.63. The number of hydrogen-bond donors (Lipinski definition) is 3. The average Bonchev–Trinajstić information content (AvgIpc) is 3.29. The van der Waals surface area contributed by atoms with Crippen molar-refractivity contribution in [3.8, 4) is 6.07 Å². The molecule has 4 aliphatic rings. The Labute approximate surface area is 218 Å². The molecular formula is C28H37N7O2. The molecule has 37 heavy (non-hydrogen) atoms. The zero-order valence-corrected chi connectivity index (χ0v) is 21.7. The van der Waals surface area contributed by atoms with Crippen LogP contribution in [-0.2, 0) is 9.53 Å². The molecule has 2 aromatic rings. The van der Waals surface area contributed by atoms with Crippen LogP contribution in [0.1, 0.15) is 46.0 Å². The molecule has 1 amide bonds. The summed E-state index contributed by atoms with van der Waals surface area (Å²) in [4.78, 5) is 20.3. The molecule has 4 fully saturated rings. The predicted molar refractivity (Wildman–Crippen MR) is 143 cm³/mol. The van der Waals surface area contributed by atoms with Gasteiger partial charge in [-0.1, -0.05) is 12.8 Å². The Hall–Kier alpha value is -2.93. The molecule has 3 unspecified atom stereocenters. The Morgan fingerprint density at radius 1 is 1.14 bits per heavy atom. The lowest BCUT2D eigenvalue weighted by molar-refractivity contribution is -0.128. The number of hydrogen-bond acceptors (Lipinski definition) is 8. The van der Waals surface area contributed by atoms with Gasteiger partial charge in [0, 0.05) is 36.2 Å². The van der Waals surface area contributed by atoms with Crippen LogP contribution in [0.15, 0.2) is 30.3 Å². The summed E-state index contributed by atoms with van der Waals surface area (Å²) >= 11 is 0. The molecule has 9 heteroatoms. The van der Waals surface area contributed by atoms with Gasteiger partial charge < -0.3 is 20.3 Å². The van der Waals surface area contributed by atoms with Gasteiger partial charge in [0.1, 0.15) is 12.0 Å². The Balaban J connectivity index is 1.23. The number of ether oxygens (including phenoxy) is 1. The van der Waals surface area contributed by atoms with Crippen molar-refractivity contribution in [2.24, 2.45) is 11.8 Å². The van der Waals surface area contributed by atoms with E-state index in [9.17, 15) is 10.1 Å². The quantitative estimate of drug-likeness (QED) is 0.585. The number of rotatable bonds is 4. The number of aromatic nitrogens is 1. The Morgan fingerprint density at radius 2 is 2.00 bits per heavy atom. The highest BCUT2D eigenvalue weighted by atomic mass is 16.5. The van der Waals surface area contributed by atoms with Crippen LogP contribution in [0.25, 0.3) is 10.9 Å². The van der Waals surface area contributed by atoms with Gasteiger partial charge in [-0.05, 0) is 63.4 Å². The van der Waals surface area contributed by atoms with Gasteiger partial charge in [-0.2, -0.15) is 5.26 Å². The minimum absolute atomic E-state index is 0.00347. The minimum atomic E-state index is -0.230. The maximum absolute atomic E-state index is 13.0. The minimum Gasteiger partial charge on any atom is -0.375 e. The SMILES string of the molecule is C[C@@H]1CN(c2ccc3cc(NC4NN([C@H]5CCCC[C@@H]5C#N)C5CCNC(=O)C45)ccc3n2)[C@H](C)CO1. The number of benzene rings is 1. The Kier molecular flexibility index (Phi) is 6.65. The summed E-state index contributed by atoms with van der Waals surface area (Å²) in [5, 5.41) is 19.8. The van der Waals surface area contributed by atoms with Gasteiger partial charge in [-0.15, -0.1) is 0 Å². The number of nitrogens with zero attached hydrogens (tertiary/aromatic N) is 4. The van der Waals surface area contributed by atoms with Crippen molar-refractivity contribution >= 4 is 28.3 Å². The van der Waals surface area contributed by atoms with E-state index < -0.39 is 0 Å². The first-order chi connectivity index (χ1) is 18.0. The number of anilines is 2. The van der Waals surface area contributed by atoms with E-state index >= 15 is 0 Å². The number of piperidine rings is 1. The topological polar surface area (TPSA) is 106 Å². The van der Waals surface area contributed by atoms with E-state index in [1.54, 1.807) is 0 Å². The van der Waals surface area contributed by atoms with Crippen LogP contribution in [0.2, 0.25) is 0 Å². The number of nitrogens with one attached hydrogen (secondary N) is 3. The van der Waals surface area contributed by atoms with Crippen LogP contribution in [0.5, 0.6) is 0 Å². The number of carbonyl (C=O) groups is 1. The van der Waals surface area contributed by atoms with Gasteiger partial charge in [-0.25, -0.2) is 15.4 Å². The van der Waals surface area contributed by atoms with Crippen molar-refractivity contribution < 1.29 is 9.53 Å². The van der Waals surface area contributed by atoms with Gasteiger partial charge in [0.25, 0.3) is 0 Å². The molecule has 3 aliphatic heterocycles. The third-order valence-corrected chi connectivity index (χ3v) is 8.61. The van der Waals surface area contributed by atoms with Crippen LogP contribution >= 0.6 is 0 Å². The van der Waals surface area contributed by atoms with Crippen LogP contribution in [0.4, 0.5) is 11.5 Å². The summed E-state index contributed by atoms with van der Waals surface area (Å²) in [7, 11) is 0. The molecule has 3 saturated heterocycles. The predicted octanol–water partition coefficient (Wildman–Crippen LogP) is 2.99. The molecule has 0 bridgehead atoms. The van der Waals surface area contributed by atoms with Crippen molar-refractivity contribution in [1.82, 2.24) is 20.7 Å². The first-order valence-corrected chi connectivity index (χ1v) is 13.8. The van der Waals surface area contributed by atoms with Crippen molar-refractivity contribution in [3.63, 3.8) is 0 Å². The largest absolute Gasteiger partial charge is 0.375 e. The second kappa shape index (κ2) is 10.1. The van der Waals surface area contributed by atoms with Crippen molar-refractivity contribution in [2.75, 3.05) is 29.9 Å². The van der Waals surface area contributed by atoms with Crippen LogP contribution in [0, 0.1) is 23.2 Å². The van der Waals surface area contributed by atoms with Crippen LogP contribution in [0.3, 0.4) is 0 Å². The second-order valence-corrected chi connectivity index (χ2v) is 11.1. The zero-order chi connectivity index (χ0) is 25.5. The lowest BCUT2D eigenvalue weighted by atomic mass is 9.83. The van der Waals surface area contributed by atoms with E-state index in [0.717, 1.165) is 61.1 Å². The van der Waals surface area contributed by atoms with Gasteiger partial charge in [-0.3, -0.25) is 4.79 Å². The number of hydrazine groups is 1. The summed E-state index contributed by atoms with van der Waals surface area (Å²) in [6, 6.07) is 13.5. The molecular weight excluding hydrogens is 466 g/mol.